The van der Waals surface area contributed by atoms with E-state index in [1.54, 1.807) is 24.1 Å². The highest BCUT2D eigenvalue weighted by Crippen LogP contribution is 2.28. The summed E-state index contributed by atoms with van der Waals surface area (Å²) in [6.45, 7) is 0.986. The Morgan fingerprint density at radius 1 is 1.22 bits per heavy atom. The largest absolute Gasteiger partial charge is 0.451 e. The van der Waals surface area contributed by atoms with Crippen LogP contribution in [0.25, 0.3) is 11.0 Å². The lowest BCUT2D eigenvalue weighted by molar-refractivity contribution is -0.117. The Kier molecular flexibility index (Phi) is 4.64. The molecule has 0 aliphatic carbocycles. The first-order valence-corrected chi connectivity index (χ1v) is 8.88. The summed E-state index contributed by atoms with van der Waals surface area (Å²) >= 11 is 0. The Bertz CT molecular complexity index is 1010. The summed E-state index contributed by atoms with van der Waals surface area (Å²) in [4.78, 5) is 26.5. The number of nitrogens with zero attached hydrogens (tertiary/aromatic N) is 1. The molecule has 3 aromatic rings. The van der Waals surface area contributed by atoms with Gasteiger partial charge in [0.05, 0.1) is 6.61 Å². The van der Waals surface area contributed by atoms with E-state index in [-0.39, 0.29) is 24.2 Å². The van der Waals surface area contributed by atoms with E-state index in [1.807, 2.05) is 36.4 Å². The van der Waals surface area contributed by atoms with Crippen LogP contribution >= 0.6 is 0 Å². The average Bonchev–Trinajstić information content (AvgIpc) is 3.26. The second kappa shape index (κ2) is 7.25. The number of ether oxygens (including phenoxy) is 1. The maximum atomic E-state index is 12.8. The van der Waals surface area contributed by atoms with Gasteiger partial charge in [-0.2, -0.15) is 0 Å². The normalized spacial score (nSPS) is 14.1. The highest BCUT2D eigenvalue weighted by atomic mass is 16.5. The van der Waals surface area contributed by atoms with E-state index in [2.05, 4.69) is 5.32 Å². The second-order valence-electron chi connectivity index (χ2n) is 6.49. The summed E-state index contributed by atoms with van der Waals surface area (Å²) in [6.07, 6.45) is 1.42. The van der Waals surface area contributed by atoms with Crippen molar-refractivity contribution in [2.45, 2.75) is 19.4 Å². The number of amides is 2. The molecule has 2 aromatic carbocycles. The van der Waals surface area contributed by atoms with Crippen molar-refractivity contribution in [1.82, 2.24) is 0 Å². The van der Waals surface area contributed by atoms with Gasteiger partial charge in [-0.05, 0) is 30.7 Å². The van der Waals surface area contributed by atoms with Gasteiger partial charge in [0.1, 0.15) is 5.58 Å². The van der Waals surface area contributed by atoms with Gasteiger partial charge in [-0.15, -0.1) is 0 Å². The maximum Gasteiger partial charge on any atom is 0.291 e. The van der Waals surface area contributed by atoms with Crippen LogP contribution in [0.15, 0.2) is 52.9 Å². The number of benzene rings is 2. The Balaban J connectivity index is 1.62. The van der Waals surface area contributed by atoms with E-state index in [0.29, 0.717) is 24.2 Å². The minimum atomic E-state index is -0.344. The minimum absolute atomic E-state index is 0.109. The fraction of sp³-hybridized carbons (Fsp3) is 0.238. The van der Waals surface area contributed by atoms with Gasteiger partial charge in [0.25, 0.3) is 5.91 Å². The van der Waals surface area contributed by atoms with Gasteiger partial charge in [-0.1, -0.05) is 24.3 Å². The van der Waals surface area contributed by atoms with Gasteiger partial charge >= 0.3 is 0 Å². The molecule has 2 amide bonds. The van der Waals surface area contributed by atoms with Gasteiger partial charge in [-0.3, -0.25) is 9.59 Å². The van der Waals surface area contributed by atoms with Gasteiger partial charge in [0.15, 0.2) is 5.76 Å². The third-order valence-electron chi connectivity index (χ3n) is 4.68. The SMILES string of the molecule is COCc1c(C(=O)Nc2cccc(N3CCCC3=O)c2)oc2ccccc12. The molecule has 0 radical (unpaired) electrons. The molecule has 4 rings (SSSR count). The number of nitrogens with one attached hydrogen (secondary N) is 1. The van der Waals surface area contributed by atoms with Gasteiger partial charge in [0, 0.05) is 42.4 Å². The molecule has 27 heavy (non-hydrogen) atoms. The Morgan fingerprint density at radius 3 is 2.85 bits per heavy atom. The number of furan rings is 1. The van der Waals surface area contributed by atoms with Crippen molar-refractivity contribution in [2.24, 2.45) is 0 Å². The molecule has 6 nitrogen and oxygen atoms in total. The zero-order valence-corrected chi connectivity index (χ0v) is 15.0. The van der Waals surface area contributed by atoms with Crippen LogP contribution in [-0.4, -0.2) is 25.5 Å². The van der Waals surface area contributed by atoms with Crippen LogP contribution in [0.4, 0.5) is 11.4 Å². The fourth-order valence-corrected chi connectivity index (χ4v) is 3.43. The smallest absolute Gasteiger partial charge is 0.291 e. The van der Waals surface area contributed by atoms with Crippen LogP contribution in [0.3, 0.4) is 0 Å². The number of para-hydroxylation sites is 1. The lowest BCUT2D eigenvalue weighted by atomic mass is 10.1. The Labute approximate surface area is 156 Å². The van der Waals surface area contributed by atoms with Crippen molar-refractivity contribution in [2.75, 3.05) is 23.9 Å². The van der Waals surface area contributed by atoms with Crippen LogP contribution in [0, 0.1) is 0 Å². The number of carbonyl (C=O) groups is 2. The molecule has 1 saturated heterocycles. The van der Waals surface area contributed by atoms with E-state index >= 15 is 0 Å². The number of hydrogen-bond donors (Lipinski definition) is 1. The molecule has 1 aliphatic heterocycles. The zero-order valence-electron chi connectivity index (χ0n) is 15.0. The van der Waals surface area contributed by atoms with Crippen LogP contribution in [0.2, 0.25) is 0 Å². The number of carbonyl (C=O) groups excluding carboxylic acids is 2. The molecule has 1 fully saturated rings. The van der Waals surface area contributed by atoms with Crippen molar-refractivity contribution in [1.29, 1.82) is 0 Å². The van der Waals surface area contributed by atoms with Gasteiger partial charge in [0.2, 0.25) is 5.91 Å². The fourth-order valence-electron chi connectivity index (χ4n) is 3.43. The Morgan fingerprint density at radius 2 is 2.07 bits per heavy atom. The molecular formula is C21H20N2O4. The van der Waals surface area contributed by atoms with Crippen molar-refractivity contribution < 1.29 is 18.7 Å². The molecule has 1 N–H and O–H groups in total. The van der Waals surface area contributed by atoms with Crippen LogP contribution < -0.4 is 10.2 Å². The molecule has 1 aromatic heterocycles. The number of fused-ring (bicyclic) bond motifs is 1. The first-order chi connectivity index (χ1) is 13.2. The van der Waals surface area contributed by atoms with Crippen LogP contribution in [0.5, 0.6) is 0 Å². The predicted octanol–water partition coefficient (Wildman–Crippen LogP) is 3.96. The van der Waals surface area contributed by atoms with Crippen molar-refractivity contribution in [3.8, 4) is 0 Å². The topological polar surface area (TPSA) is 71.8 Å². The summed E-state index contributed by atoms with van der Waals surface area (Å²) in [7, 11) is 1.58. The van der Waals surface area contributed by atoms with Crippen molar-refractivity contribution >= 4 is 34.2 Å². The van der Waals surface area contributed by atoms with Gasteiger partial charge in [-0.25, -0.2) is 0 Å². The number of rotatable bonds is 5. The molecule has 6 heteroatoms. The number of hydrogen-bond acceptors (Lipinski definition) is 4. The van der Waals surface area contributed by atoms with Gasteiger partial charge < -0.3 is 19.4 Å². The predicted molar refractivity (Wildman–Crippen MR) is 103 cm³/mol. The molecule has 0 spiro atoms. The Hall–Kier alpha value is -3.12. The van der Waals surface area contributed by atoms with Crippen molar-refractivity contribution in [3.63, 3.8) is 0 Å². The molecule has 0 unspecified atom stereocenters. The molecular weight excluding hydrogens is 344 g/mol. The first kappa shape index (κ1) is 17.3. The van der Waals surface area contributed by atoms with E-state index in [9.17, 15) is 9.59 Å². The van der Waals surface area contributed by atoms with E-state index < -0.39 is 0 Å². The molecule has 1 aliphatic rings. The first-order valence-electron chi connectivity index (χ1n) is 8.88. The van der Waals surface area contributed by atoms with E-state index in [4.69, 9.17) is 9.15 Å². The maximum absolute atomic E-state index is 12.8. The summed E-state index contributed by atoms with van der Waals surface area (Å²) in [5, 5.41) is 3.73. The summed E-state index contributed by atoms with van der Waals surface area (Å²) in [6, 6.07) is 14.8. The second-order valence-corrected chi connectivity index (χ2v) is 6.49. The van der Waals surface area contributed by atoms with Crippen molar-refractivity contribution in [3.05, 3.63) is 59.9 Å². The highest BCUT2D eigenvalue weighted by Gasteiger charge is 2.23. The third-order valence-corrected chi connectivity index (χ3v) is 4.68. The summed E-state index contributed by atoms with van der Waals surface area (Å²) < 4.78 is 11.0. The molecule has 0 saturated carbocycles. The minimum Gasteiger partial charge on any atom is -0.451 e. The quantitative estimate of drug-likeness (QED) is 0.744. The molecule has 138 valence electrons. The third kappa shape index (κ3) is 3.31. The van der Waals surface area contributed by atoms with E-state index in [0.717, 1.165) is 23.1 Å². The number of methoxy groups -OCH3 is 1. The molecule has 0 bridgehead atoms. The van der Waals surface area contributed by atoms with E-state index in [1.165, 1.54) is 0 Å². The van der Waals surface area contributed by atoms with Crippen LogP contribution in [-0.2, 0) is 16.1 Å². The number of anilines is 2. The highest BCUT2D eigenvalue weighted by molar-refractivity contribution is 6.07. The molecule has 2 heterocycles. The molecule has 0 atom stereocenters. The zero-order chi connectivity index (χ0) is 18.8. The summed E-state index contributed by atoms with van der Waals surface area (Å²) in [5.74, 6) is 0.00184. The monoisotopic (exact) mass is 364 g/mol. The van der Waals surface area contributed by atoms with Crippen LogP contribution in [0.1, 0.15) is 29.0 Å². The standard InChI is InChI=1S/C21H20N2O4/c1-26-13-17-16-8-2-3-9-18(16)27-20(17)21(25)22-14-6-4-7-15(12-14)23-11-5-10-19(23)24/h2-4,6-9,12H,5,10-11,13H2,1H3,(H,22,25). The lowest BCUT2D eigenvalue weighted by Crippen LogP contribution is -2.23. The average molecular weight is 364 g/mol. The lowest BCUT2D eigenvalue weighted by Gasteiger charge is -2.16. The summed E-state index contributed by atoms with van der Waals surface area (Å²) in [5.41, 5.74) is 2.76.